The maximum absolute atomic E-state index is 5.65. The highest BCUT2D eigenvalue weighted by Crippen LogP contribution is 2.21. The SMILES string of the molecule is CCC1CN(C(=NC)NCc2cccc(CN3CCOC(C)C3)c2)CCS1.I. The zero-order valence-electron chi connectivity index (χ0n) is 17.4. The summed E-state index contributed by atoms with van der Waals surface area (Å²) in [6.45, 7) is 11.3. The summed E-state index contributed by atoms with van der Waals surface area (Å²) in [4.78, 5) is 9.41. The molecule has 5 nitrogen and oxygen atoms in total. The standard InChI is InChI=1S/C21H34N4OS.HI/c1-4-20-16-25(9-11-27-20)21(22-3)23-13-18-6-5-7-19(12-18)15-24-8-10-26-17(2)14-24;/h5-7,12,17,20H,4,8-11,13-16H2,1-3H3,(H,22,23);1H. The Morgan fingerprint density at radius 3 is 2.86 bits per heavy atom. The Morgan fingerprint density at radius 1 is 1.29 bits per heavy atom. The second kappa shape index (κ2) is 12.2. The fourth-order valence-electron chi connectivity index (χ4n) is 3.80. The molecule has 28 heavy (non-hydrogen) atoms. The van der Waals surface area contributed by atoms with Crippen LogP contribution in [0.2, 0.25) is 0 Å². The number of halogens is 1. The minimum atomic E-state index is 0. The first kappa shape index (κ1) is 23.8. The lowest BCUT2D eigenvalue weighted by molar-refractivity contribution is -0.0212. The van der Waals surface area contributed by atoms with Gasteiger partial charge in [0.05, 0.1) is 12.7 Å². The predicted molar refractivity (Wildman–Crippen MR) is 131 cm³/mol. The first-order chi connectivity index (χ1) is 13.2. The van der Waals surface area contributed by atoms with Crippen LogP contribution in [0.5, 0.6) is 0 Å². The number of nitrogens with zero attached hydrogens (tertiary/aromatic N) is 3. The Bertz CT molecular complexity index is 630. The van der Waals surface area contributed by atoms with Crippen molar-refractivity contribution in [1.82, 2.24) is 15.1 Å². The van der Waals surface area contributed by atoms with Gasteiger partial charge in [-0.1, -0.05) is 31.2 Å². The third-order valence-corrected chi connectivity index (χ3v) is 6.65. The van der Waals surface area contributed by atoms with Crippen molar-refractivity contribution in [3.05, 3.63) is 35.4 Å². The van der Waals surface area contributed by atoms with Gasteiger partial charge in [-0.3, -0.25) is 9.89 Å². The van der Waals surface area contributed by atoms with Gasteiger partial charge in [0.25, 0.3) is 0 Å². The Morgan fingerprint density at radius 2 is 2.11 bits per heavy atom. The van der Waals surface area contributed by atoms with Gasteiger partial charge in [0.1, 0.15) is 0 Å². The molecule has 0 aromatic heterocycles. The number of rotatable bonds is 5. The number of nitrogens with one attached hydrogen (secondary N) is 1. The van der Waals surface area contributed by atoms with E-state index in [0.717, 1.165) is 57.1 Å². The summed E-state index contributed by atoms with van der Waals surface area (Å²) in [6.07, 6.45) is 1.56. The van der Waals surface area contributed by atoms with Crippen molar-refractivity contribution in [3.63, 3.8) is 0 Å². The number of morpholine rings is 1. The molecule has 0 saturated carbocycles. The Labute approximate surface area is 191 Å². The zero-order valence-corrected chi connectivity index (χ0v) is 20.5. The molecule has 0 radical (unpaired) electrons. The quantitative estimate of drug-likeness (QED) is 0.368. The van der Waals surface area contributed by atoms with Gasteiger partial charge >= 0.3 is 0 Å². The minimum Gasteiger partial charge on any atom is -0.376 e. The lowest BCUT2D eigenvalue weighted by Crippen LogP contribution is -2.47. The van der Waals surface area contributed by atoms with E-state index in [9.17, 15) is 0 Å². The van der Waals surface area contributed by atoms with Crippen LogP contribution in [0, 0.1) is 0 Å². The number of aliphatic imine (C=N–C) groups is 1. The number of guanidine groups is 1. The summed E-state index contributed by atoms with van der Waals surface area (Å²) in [5.74, 6) is 2.22. The number of thioether (sulfide) groups is 1. The monoisotopic (exact) mass is 518 g/mol. The summed E-state index contributed by atoms with van der Waals surface area (Å²) in [5, 5.41) is 4.29. The lowest BCUT2D eigenvalue weighted by Gasteiger charge is -2.34. The first-order valence-corrected chi connectivity index (χ1v) is 11.2. The van der Waals surface area contributed by atoms with Gasteiger partial charge in [-0.15, -0.1) is 24.0 Å². The molecular weight excluding hydrogens is 483 g/mol. The number of benzene rings is 1. The molecule has 7 heteroatoms. The normalized spacial score (nSPS) is 24.0. The van der Waals surface area contributed by atoms with Gasteiger partial charge in [-0.2, -0.15) is 11.8 Å². The van der Waals surface area contributed by atoms with Gasteiger partial charge < -0.3 is 15.0 Å². The van der Waals surface area contributed by atoms with Crippen molar-refractivity contribution >= 4 is 41.7 Å². The van der Waals surface area contributed by atoms with E-state index >= 15 is 0 Å². The molecule has 2 aliphatic heterocycles. The minimum absolute atomic E-state index is 0. The number of hydrogen-bond acceptors (Lipinski definition) is 4. The average molecular weight is 519 g/mol. The fraction of sp³-hybridized carbons (Fsp3) is 0.667. The predicted octanol–water partition coefficient (Wildman–Crippen LogP) is 3.43. The van der Waals surface area contributed by atoms with Crippen LogP contribution in [0.3, 0.4) is 0 Å². The molecule has 158 valence electrons. The Hall–Kier alpha value is -0.510. The Kier molecular flexibility index (Phi) is 10.4. The molecule has 0 spiro atoms. The van der Waals surface area contributed by atoms with Crippen molar-refractivity contribution in [2.75, 3.05) is 45.6 Å². The van der Waals surface area contributed by atoms with Crippen LogP contribution >= 0.6 is 35.7 Å². The molecule has 0 amide bonds. The summed E-state index contributed by atoms with van der Waals surface area (Å²) in [5.41, 5.74) is 2.69. The third kappa shape index (κ3) is 7.07. The van der Waals surface area contributed by atoms with Gasteiger partial charge in [0, 0.05) is 57.3 Å². The van der Waals surface area contributed by atoms with E-state index in [2.05, 4.69) is 70.0 Å². The molecule has 2 unspecified atom stereocenters. The van der Waals surface area contributed by atoms with Crippen LogP contribution in [0.1, 0.15) is 31.4 Å². The van der Waals surface area contributed by atoms with E-state index in [1.165, 1.54) is 23.3 Å². The summed E-state index contributed by atoms with van der Waals surface area (Å²) in [7, 11) is 1.89. The van der Waals surface area contributed by atoms with Gasteiger partial charge in [0.15, 0.2) is 5.96 Å². The molecule has 1 aromatic rings. The molecule has 2 heterocycles. The van der Waals surface area contributed by atoms with Crippen molar-refractivity contribution in [2.45, 2.75) is 44.7 Å². The van der Waals surface area contributed by atoms with Gasteiger partial charge in [0.2, 0.25) is 0 Å². The van der Waals surface area contributed by atoms with Crippen LogP contribution < -0.4 is 5.32 Å². The lowest BCUT2D eigenvalue weighted by atomic mass is 10.1. The van der Waals surface area contributed by atoms with Gasteiger partial charge in [-0.25, -0.2) is 0 Å². The molecular formula is C21H35IN4OS. The van der Waals surface area contributed by atoms with E-state index in [0.29, 0.717) is 6.10 Å². The summed E-state index contributed by atoms with van der Waals surface area (Å²) in [6, 6.07) is 8.92. The largest absolute Gasteiger partial charge is 0.376 e. The van der Waals surface area contributed by atoms with E-state index in [1.807, 2.05) is 7.05 Å². The Balaban J connectivity index is 0.00000280. The highest BCUT2D eigenvalue weighted by atomic mass is 127. The van der Waals surface area contributed by atoms with E-state index in [1.54, 1.807) is 0 Å². The zero-order chi connectivity index (χ0) is 19.1. The average Bonchev–Trinajstić information content (AvgIpc) is 2.69. The molecule has 2 fully saturated rings. The summed E-state index contributed by atoms with van der Waals surface area (Å²) >= 11 is 2.09. The smallest absolute Gasteiger partial charge is 0.193 e. The topological polar surface area (TPSA) is 40.1 Å². The molecule has 2 atom stereocenters. The third-order valence-electron chi connectivity index (χ3n) is 5.28. The molecule has 1 N–H and O–H groups in total. The van der Waals surface area contributed by atoms with E-state index in [4.69, 9.17) is 4.74 Å². The number of hydrogen-bond donors (Lipinski definition) is 1. The highest BCUT2D eigenvalue weighted by molar-refractivity contribution is 14.0. The molecule has 3 rings (SSSR count). The molecule has 0 bridgehead atoms. The molecule has 2 saturated heterocycles. The van der Waals surface area contributed by atoms with Crippen LogP contribution in [0.15, 0.2) is 29.3 Å². The van der Waals surface area contributed by atoms with Gasteiger partial charge in [-0.05, 0) is 24.5 Å². The fourth-order valence-corrected chi connectivity index (χ4v) is 4.98. The van der Waals surface area contributed by atoms with E-state index in [-0.39, 0.29) is 24.0 Å². The molecule has 2 aliphatic rings. The highest BCUT2D eigenvalue weighted by Gasteiger charge is 2.21. The van der Waals surface area contributed by atoms with Crippen LogP contribution in [0.25, 0.3) is 0 Å². The van der Waals surface area contributed by atoms with Crippen molar-refractivity contribution in [3.8, 4) is 0 Å². The maximum Gasteiger partial charge on any atom is 0.193 e. The van der Waals surface area contributed by atoms with Crippen LogP contribution in [-0.4, -0.2) is 72.7 Å². The van der Waals surface area contributed by atoms with E-state index < -0.39 is 0 Å². The first-order valence-electron chi connectivity index (χ1n) is 10.2. The molecule has 0 aliphatic carbocycles. The van der Waals surface area contributed by atoms with Crippen molar-refractivity contribution in [1.29, 1.82) is 0 Å². The van der Waals surface area contributed by atoms with Crippen LogP contribution in [0.4, 0.5) is 0 Å². The van der Waals surface area contributed by atoms with Crippen LogP contribution in [-0.2, 0) is 17.8 Å². The number of ether oxygens (including phenoxy) is 1. The maximum atomic E-state index is 5.65. The van der Waals surface area contributed by atoms with Crippen molar-refractivity contribution < 1.29 is 4.74 Å². The van der Waals surface area contributed by atoms with Crippen molar-refractivity contribution in [2.24, 2.45) is 4.99 Å². The summed E-state index contributed by atoms with van der Waals surface area (Å²) < 4.78 is 5.65. The second-order valence-electron chi connectivity index (χ2n) is 7.48. The second-order valence-corrected chi connectivity index (χ2v) is 8.89. The molecule has 1 aromatic carbocycles.